The Morgan fingerprint density at radius 2 is 1.74 bits per heavy atom. The van der Waals surface area contributed by atoms with Crippen molar-refractivity contribution in [1.29, 1.82) is 0 Å². The van der Waals surface area contributed by atoms with Gasteiger partial charge < -0.3 is 5.32 Å². The van der Waals surface area contributed by atoms with Crippen LogP contribution in [0.3, 0.4) is 0 Å². The standard InChI is InChI=1S/C15H12F2N2O3S/c1-2-15(20)18-11-4-6-12(7-5-11)23(21,22)19-14-8-3-10(16)9-13(14)17/h2-9,19H,1H2,(H,18,20). The van der Waals surface area contributed by atoms with Crippen LogP contribution in [-0.4, -0.2) is 14.3 Å². The highest BCUT2D eigenvalue weighted by Crippen LogP contribution is 2.21. The van der Waals surface area contributed by atoms with E-state index < -0.39 is 27.6 Å². The van der Waals surface area contributed by atoms with Crippen LogP contribution >= 0.6 is 0 Å². The molecule has 23 heavy (non-hydrogen) atoms. The summed E-state index contributed by atoms with van der Waals surface area (Å²) in [6.45, 7) is 3.29. The van der Waals surface area contributed by atoms with Crippen LogP contribution in [0, 0.1) is 11.6 Å². The Kier molecular flexibility index (Phi) is 4.75. The number of carbonyl (C=O) groups is 1. The molecule has 5 nitrogen and oxygen atoms in total. The Bertz CT molecular complexity index is 850. The lowest BCUT2D eigenvalue weighted by Crippen LogP contribution is -2.14. The molecule has 0 radical (unpaired) electrons. The van der Waals surface area contributed by atoms with Gasteiger partial charge >= 0.3 is 0 Å². The lowest BCUT2D eigenvalue weighted by Gasteiger charge is -2.10. The maximum Gasteiger partial charge on any atom is 0.261 e. The first kappa shape index (κ1) is 16.6. The zero-order chi connectivity index (χ0) is 17.0. The van der Waals surface area contributed by atoms with E-state index in [-0.39, 0.29) is 10.6 Å². The summed E-state index contributed by atoms with van der Waals surface area (Å²) in [5, 5.41) is 2.46. The van der Waals surface area contributed by atoms with E-state index in [9.17, 15) is 22.0 Å². The molecule has 2 aromatic rings. The van der Waals surface area contributed by atoms with Crippen molar-refractivity contribution in [3.8, 4) is 0 Å². The highest BCUT2D eigenvalue weighted by atomic mass is 32.2. The first-order chi connectivity index (χ1) is 10.8. The molecule has 0 spiro atoms. The van der Waals surface area contributed by atoms with Crippen molar-refractivity contribution in [2.24, 2.45) is 0 Å². The number of hydrogen-bond donors (Lipinski definition) is 2. The van der Waals surface area contributed by atoms with Crippen molar-refractivity contribution in [3.63, 3.8) is 0 Å². The largest absolute Gasteiger partial charge is 0.323 e. The Balaban J connectivity index is 2.22. The van der Waals surface area contributed by atoms with Crippen LogP contribution in [0.1, 0.15) is 0 Å². The van der Waals surface area contributed by atoms with E-state index in [0.29, 0.717) is 11.8 Å². The molecule has 2 rings (SSSR count). The second-order valence-electron chi connectivity index (χ2n) is 4.45. The zero-order valence-electron chi connectivity index (χ0n) is 11.7. The first-order valence-corrected chi connectivity index (χ1v) is 7.81. The van der Waals surface area contributed by atoms with E-state index in [1.54, 1.807) is 0 Å². The number of amides is 1. The predicted octanol–water partition coefficient (Wildman–Crippen LogP) is 2.89. The summed E-state index contributed by atoms with van der Waals surface area (Å²) in [5.74, 6) is -2.27. The molecule has 0 saturated heterocycles. The van der Waals surface area contributed by atoms with E-state index in [0.717, 1.165) is 18.2 Å². The predicted molar refractivity (Wildman–Crippen MR) is 82.4 cm³/mol. The summed E-state index contributed by atoms with van der Waals surface area (Å²) in [6.07, 6.45) is 1.07. The normalized spacial score (nSPS) is 10.9. The van der Waals surface area contributed by atoms with Gasteiger partial charge in [0.05, 0.1) is 10.6 Å². The molecule has 0 aromatic heterocycles. The fourth-order valence-electron chi connectivity index (χ4n) is 1.69. The summed E-state index contributed by atoms with van der Waals surface area (Å²) in [7, 11) is -4.04. The topological polar surface area (TPSA) is 75.3 Å². The number of anilines is 2. The van der Waals surface area contributed by atoms with Gasteiger partial charge in [0.15, 0.2) is 0 Å². The van der Waals surface area contributed by atoms with Gasteiger partial charge in [-0.05, 0) is 42.5 Å². The van der Waals surface area contributed by atoms with Crippen LogP contribution in [0.25, 0.3) is 0 Å². The van der Waals surface area contributed by atoms with Crippen molar-refractivity contribution in [2.75, 3.05) is 10.0 Å². The first-order valence-electron chi connectivity index (χ1n) is 6.33. The molecule has 0 heterocycles. The van der Waals surface area contributed by atoms with Gasteiger partial charge in [-0.1, -0.05) is 6.58 Å². The highest BCUT2D eigenvalue weighted by Gasteiger charge is 2.16. The maximum absolute atomic E-state index is 13.5. The maximum atomic E-state index is 13.5. The SMILES string of the molecule is C=CC(=O)Nc1ccc(S(=O)(=O)Nc2ccc(F)cc2F)cc1. The van der Waals surface area contributed by atoms with Gasteiger partial charge in [0.25, 0.3) is 10.0 Å². The Morgan fingerprint density at radius 3 is 2.30 bits per heavy atom. The van der Waals surface area contributed by atoms with Crippen molar-refractivity contribution >= 4 is 27.3 Å². The molecular formula is C15H12F2N2O3S. The quantitative estimate of drug-likeness (QED) is 0.823. The molecule has 8 heteroatoms. The number of benzene rings is 2. The van der Waals surface area contributed by atoms with Gasteiger partial charge in [-0.2, -0.15) is 0 Å². The molecule has 120 valence electrons. The van der Waals surface area contributed by atoms with E-state index in [1.165, 1.54) is 24.3 Å². The number of halogens is 2. The molecule has 0 aliphatic carbocycles. The molecule has 0 saturated carbocycles. The molecule has 1 amide bonds. The van der Waals surface area contributed by atoms with Crippen LogP contribution in [0.4, 0.5) is 20.2 Å². The van der Waals surface area contributed by atoms with Crippen LogP contribution < -0.4 is 10.0 Å². The number of carbonyl (C=O) groups excluding carboxylic acids is 1. The monoisotopic (exact) mass is 338 g/mol. The summed E-state index contributed by atoms with van der Waals surface area (Å²) >= 11 is 0. The third-order valence-corrected chi connectivity index (χ3v) is 4.17. The molecule has 2 aromatic carbocycles. The fourth-order valence-corrected chi connectivity index (χ4v) is 2.75. The van der Waals surface area contributed by atoms with Crippen LogP contribution in [0.5, 0.6) is 0 Å². The summed E-state index contributed by atoms with van der Waals surface area (Å²) < 4.78 is 52.7. The lowest BCUT2D eigenvalue weighted by molar-refractivity contribution is -0.111. The second-order valence-corrected chi connectivity index (χ2v) is 6.13. The minimum Gasteiger partial charge on any atom is -0.323 e. The molecule has 0 fully saturated rings. The van der Waals surface area contributed by atoms with Gasteiger partial charge in [-0.3, -0.25) is 9.52 Å². The third kappa shape index (κ3) is 4.13. The summed E-state index contributed by atoms with van der Waals surface area (Å²) in [5.41, 5.74) is 0.0113. The van der Waals surface area contributed by atoms with E-state index in [4.69, 9.17) is 0 Å². The molecular weight excluding hydrogens is 326 g/mol. The third-order valence-electron chi connectivity index (χ3n) is 2.79. The van der Waals surface area contributed by atoms with Gasteiger partial charge in [-0.25, -0.2) is 17.2 Å². The van der Waals surface area contributed by atoms with Gasteiger partial charge in [0, 0.05) is 11.8 Å². The molecule has 0 atom stereocenters. The summed E-state index contributed by atoms with van der Waals surface area (Å²) in [4.78, 5) is 11.0. The van der Waals surface area contributed by atoms with Crippen LogP contribution in [0.15, 0.2) is 60.0 Å². The van der Waals surface area contributed by atoms with Gasteiger partial charge in [0.2, 0.25) is 5.91 Å². The van der Waals surface area contributed by atoms with Crippen molar-refractivity contribution < 1.29 is 22.0 Å². The Labute approximate surface area is 131 Å². The molecule has 0 unspecified atom stereocenters. The summed E-state index contributed by atoms with van der Waals surface area (Å²) in [6, 6.07) is 7.72. The molecule has 0 bridgehead atoms. The van der Waals surface area contributed by atoms with Crippen molar-refractivity contribution in [3.05, 3.63) is 66.8 Å². The molecule has 0 aliphatic rings. The van der Waals surface area contributed by atoms with E-state index in [2.05, 4.69) is 11.9 Å². The van der Waals surface area contributed by atoms with Gasteiger partial charge in [0.1, 0.15) is 11.6 Å². The number of sulfonamides is 1. The van der Waals surface area contributed by atoms with Crippen molar-refractivity contribution in [1.82, 2.24) is 0 Å². The van der Waals surface area contributed by atoms with Gasteiger partial charge in [-0.15, -0.1) is 0 Å². The second kappa shape index (κ2) is 6.57. The van der Waals surface area contributed by atoms with Crippen LogP contribution in [0.2, 0.25) is 0 Å². The number of nitrogens with one attached hydrogen (secondary N) is 2. The minimum absolute atomic E-state index is 0.141. The average Bonchev–Trinajstić information content (AvgIpc) is 2.50. The molecule has 2 N–H and O–H groups in total. The van der Waals surface area contributed by atoms with Crippen molar-refractivity contribution in [2.45, 2.75) is 4.90 Å². The zero-order valence-corrected chi connectivity index (χ0v) is 12.5. The Morgan fingerprint density at radius 1 is 1.09 bits per heavy atom. The van der Waals surface area contributed by atoms with E-state index in [1.807, 2.05) is 4.72 Å². The lowest BCUT2D eigenvalue weighted by atomic mass is 10.3. The number of hydrogen-bond acceptors (Lipinski definition) is 3. The fraction of sp³-hybridized carbons (Fsp3) is 0. The smallest absolute Gasteiger partial charge is 0.261 e. The number of rotatable bonds is 5. The average molecular weight is 338 g/mol. The highest BCUT2D eigenvalue weighted by molar-refractivity contribution is 7.92. The Hall–Kier alpha value is -2.74. The van der Waals surface area contributed by atoms with E-state index >= 15 is 0 Å². The van der Waals surface area contributed by atoms with Crippen LogP contribution in [-0.2, 0) is 14.8 Å². The minimum atomic E-state index is -4.04. The molecule has 0 aliphatic heterocycles.